The minimum absolute atomic E-state index is 0.572. The molecule has 0 radical (unpaired) electrons. The maximum Gasteiger partial charge on any atom is 0.219 e. The Morgan fingerprint density at radius 1 is 0.648 bits per heavy atom. The molecule has 280 valence electrons. The first-order valence-electron chi connectivity index (χ1n) is 19.6. The van der Waals surface area contributed by atoms with Gasteiger partial charge in [0.1, 0.15) is 5.75 Å². The quantitative estimate of drug-likeness (QED) is 0.0925. The molecule has 2 nitrogen and oxygen atoms in total. The molecule has 0 spiro atoms. The van der Waals surface area contributed by atoms with E-state index >= 15 is 0 Å². The number of allylic oxidation sites excluding steroid dienone is 10. The Bertz CT molecular complexity index is 2040. The molecule has 4 aromatic carbocycles. The molecule has 0 fully saturated rings. The molecule has 0 aliphatic heterocycles. The van der Waals surface area contributed by atoms with Gasteiger partial charge in [0, 0.05) is 46.5 Å². The van der Waals surface area contributed by atoms with Gasteiger partial charge in [0.2, 0.25) is 17.1 Å². The molecule has 5 aromatic rings. The predicted molar refractivity (Wildman–Crippen MR) is 238 cm³/mol. The molecule has 0 saturated heterocycles. The molecule has 5 rings (SSSR count). The van der Waals surface area contributed by atoms with E-state index in [9.17, 15) is 0 Å². The number of ether oxygens (including phenoxy) is 1. The van der Waals surface area contributed by atoms with Gasteiger partial charge >= 0.3 is 0 Å². The zero-order chi connectivity index (χ0) is 39.5. The van der Waals surface area contributed by atoms with Gasteiger partial charge < -0.3 is 4.74 Å². The van der Waals surface area contributed by atoms with Crippen molar-refractivity contribution in [3.63, 3.8) is 0 Å². The van der Waals surface area contributed by atoms with Gasteiger partial charge in [-0.15, -0.1) is 0 Å². The number of hydrogen-bond donors (Lipinski definition) is 0. The van der Waals surface area contributed by atoms with E-state index in [-0.39, 0.29) is 0 Å². The fourth-order valence-electron chi connectivity index (χ4n) is 6.20. The molecule has 0 N–H and O–H groups in total. The van der Waals surface area contributed by atoms with E-state index in [1.807, 2.05) is 27.7 Å². The highest BCUT2D eigenvalue weighted by Crippen LogP contribution is 2.40. The van der Waals surface area contributed by atoms with E-state index in [4.69, 9.17) is 4.74 Å². The van der Waals surface area contributed by atoms with Crippen molar-refractivity contribution in [2.45, 2.75) is 75.7 Å². The molecule has 0 unspecified atom stereocenters. The summed E-state index contributed by atoms with van der Waals surface area (Å²) >= 11 is 0. The molecule has 1 heterocycles. The van der Waals surface area contributed by atoms with Crippen molar-refractivity contribution in [3.05, 3.63) is 175 Å². The molecular weight excluding hydrogens is 655 g/mol. The lowest BCUT2D eigenvalue weighted by atomic mass is 9.94. The molecule has 0 amide bonds. The first kappa shape index (κ1) is 42.9. The molecule has 0 aliphatic rings. The first-order valence-corrected chi connectivity index (χ1v) is 19.6. The van der Waals surface area contributed by atoms with Crippen LogP contribution in [0.4, 0.5) is 0 Å². The van der Waals surface area contributed by atoms with Crippen LogP contribution in [0.2, 0.25) is 0 Å². The predicted octanol–water partition coefficient (Wildman–Crippen LogP) is 15.0. The summed E-state index contributed by atoms with van der Waals surface area (Å²) in [5, 5.41) is 0. The van der Waals surface area contributed by atoms with E-state index in [1.54, 1.807) is 7.11 Å². The summed E-state index contributed by atoms with van der Waals surface area (Å²) in [7, 11) is 1.78. The van der Waals surface area contributed by atoms with Crippen LogP contribution in [-0.2, 0) is 0 Å². The molecule has 54 heavy (non-hydrogen) atoms. The second kappa shape index (κ2) is 22.6. The van der Waals surface area contributed by atoms with E-state index in [1.165, 1.54) is 16.7 Å². The van der Waals surface area contributed by atoms with Gasteiger partial charge in [-0.3, -0.25) is 0 Å². The van der Waals surface area contributed by atoms with Crippen LogP contribution in [0.15, 0.2) is 163 Å². The third-order valence-corrected chi connectivity index (χ3v) is 8.70. The van der Waals surface area contributed by atoms with Crippen molar-refractivity contribution in [2.75, 3.05) is 7.11 Å². The molecule has 0 bridgehead atoms. The number of hydrogen-bond acceptors (Lipinski definition) is 1. The summed E-state index contributed by atoms with van der Waals surface area (Å²) in [5.41, 5.74) is 13.4. The van der Waals surface area contributed by atoms with Crippen molar-refractivity contribution in [1.82, 2.24) is 0 Å². The van der Waals surface area contributed by atoms with E-state index in [0.717, 1.165) is 62.6 Å². The van der Waals surface area contributed by atoms with Crippen molar-refractivity contribution in [1.29, 1.82) is 0 Å². The maximum absolute atomic E-state index is 6.28. The normalized spacial score (nSPS) is 11.6. The second-order valence-electron chi connectivity index (χ2n) is 13.1. The summed E-state index contributed by atoms with van der Waals surface area (Å²) in [5.74, 6) is 1.42. The summed E-state index contributed by atoms with van der Waals surface area (Å²) in [4.78, 5) is 0. The third kappa shape index (κ3) is 11.3. The van der Waals surface area contributed by atoms with Gasteiger partial charge in [-0.25, -0.2) is 0 Å². The lowest BCUT2D eigenvalue weighted by Gasteiger charge is -2.18. The summed E-state index contributed by atoms with van der Waals surface area (Å²) < 4.78 is 8.71. The van der Waals surface area contributed by atoms with Crippen molar-refractivity contribution < 1.29 is 9.30 Å². The van der Waals surface area contributed by atoms with Gasteiger partial charge in [0.05, 0.1) is 7.11 Å². The third-order valence-electron chi connectivity index (χ3n) is 8.70. The van der Waals surface area contributed by atoms with Crippen LogP contribution in [-0.4, -0.2) is 7.11 Å². The van der Waals surface area contributed by atoms with Crippen LogP contribution in [0.1, 0.15) is 86.9 Å². The highest BCUT2D eigenvalue weighted by Gasteiger charge is 2.28. The van der Waals surface area contributed by atoms with E-state index in [2.05, 4.69) is 204 Å². The maximum atomic E-state index is 6.28. The van der Waals surface area contributed by atoms with Crippen LogP contribution in [0.5, 0.6) is 5.75 Å². The number of aromatic nitrogens is 1. The monoisotopic (exact) mass is 716 g/mol. The Balaban J connectivity index is 0.00000190. The minimum Gasteiger partial charge on any atom is -0.495 e. The highest BCUT2D eigenvalue weighted by molar-refractivity contribution is 5.86. The minimum atomic E-state index is 0.572. The van der Waals surface area contributed by atoms with E-state index < -0.39 is 0 Å². The number of rotatable bonds is 12. The SMILES string of the molecule is C/C=C(\C=C/C=C(C)C)c1cc(-[n+]2c(C(/C=C\CC(C)C)=C/C)cc(-c3ccccc3)cc2-c2ccccc2)cc(-c2ccccc2)c1OC.CC.CC. The molecule has 0 aliphatic carbocycles. The smallest absolute Gasteiger partial charge is 0.219 e. The molecule has 2 heteroatoms. The second-order valence-corrected chi connectivity index (χ2v) is 13.1. The van der Waals surface area contributed by atoms with Crippen molar-refractivity contribution >= 4 is 11.1 Å². The Labute approximate surface area is 327 Å². The molecule has 0 saturated carbocycles. The standard InChI is InChI=1S/C48H50NO.2C2H6/c1-8-37(29-19-21-35(3)4)44-33-43(34-45(48(44)50-7)40-25-15-11-16-26-40)49-46(38(9-2)30-20-22-36(5)6)31-42(39-23-13-10-14-24-39)32-47(49)41-27-17-12-18-28-41;2*1-2/h8-21,23-34,36H,22H2,1-7H3;2*1-2H3/q+1;;/b29-19-,30-20-,37-8+,38-9+;;. The average Bonchev–Trinajstić information content (AvgIpc) is 3.22. The summed E-state index contributed by atoms with van der Waals surface area (Å²) in [6.07, 6.45) is 16.4. The number of pyridine rings is 1. The van der Waals surface area contributed by atoms with Crippen LogP contribution in [0, 0.1) is 5.92 Å². The zero-order valence-corrected chi connectivity index (χ0v) is 34.7. The molecule has 1 aromatic heterocycles. The highest BCUT2D eigenvalue weighted by atomic mass is 16.5. The Morgan fingerprint density at radius 2 is 1.20 bits per heavy atom. The van der Waals surface area contributed by atoms with Crippen LogP contribution in [0.3, 0.4) is 0 Å². The van der Waals surface area contributed by atoms with Gasteiger partial charge in [-0.05, 0) is 74.4 Å². The number of benzene rings is 4. The summed E-state index contributed by atoms with van der Waals surface area (Å²) in [6.45, 7) is 21.0. The lowest BCUT2D eigenvalue weighted by molar-refractivity contribution is -0.586. The van der Waals surface area contributed by atoms with Crippen LogP contribution < -0.4 is 9.30 Å². The average molecular weight is 717 g/mol. The summed E-state index contributed by atoms with van der Waals surface area (Å²) in [6, 6.07) is 41.2. The molecule has 0 atom stereocenters. The van der Waals surface area contributed by atoms with Gasteiger partial charge in [0.25, 0.3) is 0 Å². The Hall–Kier alpha value is -5.47. The Kier molecular flexibility index (Phi) is 17.9. The fraction of sp³-hybridized carbons (Fsp3) is 0.250. The number of methoxy groups -OCH3 is 1. The van der Waals surface area contributed by atoms with Crippen LogP contribution >= 0.6 is 0 Å². The Morgan fingerprint density at radius 3 is 1.72 bits per heavy atom. The van der Waals surface area contributed by atoms with E-state index in [0.29, 0.717) is 5.92 Å². The fourth-order valence-corrected chi connectivity index (χ4v) is 6.20. The van der Waals surface area contributed by atoms with Gasteiger partial charge in [-0.2, -0.15) is 4.57 Å². The zero-order valence-electron chi connectivity index (χ0n) is 34.7. The largest absolute Gasteiger partial charge is 0.495 e. The lowest BCUT2D eigenvalue weighted by Crippen LogP contribution is -2.38. The topological polar surface area (TPSA) is 13.1 Å². The van der Waals surface area contributed by atoms with Gasteiger partial charge in [0.15, 0.2) is 0 Å². The van der Waals surface area contributed by atoms with Crippen molar-refractivity contribution in [2.24, 2.45) is 5.92 Å². The van der Waals surface area contributed by atoms with Crippen molar-refractivity contribution in [3.8, 4) is 44.9 Å². The molecular formula is C52H62NO+. The van der Waals surface area contributed by atoms with Gasteiger partial charge in [-0.1, -0.05) is 169 Å². The first-order chi connectivity index (χ1) is 26.3. The van der Waals surface area contributed by atoms with Crippen LogP contribution in [0.25, 0.3) is 50.3 Å². The number of nitrogens with zero attached hydrogens (tertiary/aromatic N) is 1.